The van der Waals surface area contributed by atoms with Crippen LogP contribution < -0.4 is 0 Å². The normalized spacial score (nSPS) is 16.6. The second-order valence-corrected chi connectivity index (χ2v) is 8.89. The second kappa shape index (κ2) is 10.2. The Hall–Kier alpha value is -4.27. The van der Waals surface area contributed by atoms with Crippen molar-refractivity contribution in [2.75, 3.05) is 13.7 Å². The Bertz CT molecular complexity index is 1370. The van der Waals surface area contributed by atoms with E-state index in [1.54, 1.807) is 4.90 Å². The number of aryl methyl sites for hydroxylation is 4. The van der Waals surface area contributed by atoms with Gasteiger partial charge in [-0.15, -0.1) is 0 Å². The summed E-state index contributed by atoms with van der Waals surface area (Å²) < 4.78 is 7.54. The fraction of sp³-hybridized carbons (Fsp3) is 0.296. The van der Waals surface area contributed by atoms with Crippen molar-refractivity contribution in [3.8, 4) is 11.1 Å². The van der Waals surface area contributed by atoms with Crippen LogP contribution in [0.15, 0.2) is 70.3 Å². The third kappa shape index (κ3) is 4.91. The molecular formula is C27H28N6O3. The summed E-state index contributed by atoms with van der Waals surface area (Å²) in [5, 5.41) is 12.7. The highest BCUT2D eigenvalue weighted by Gasteiger charge is 2.38. The van der Waals surface area contributed by atoms with Gasteiger partial charge in [-0.3, -0.25) is 9.48 Å². The number of amides is 1. The highest BCUT2D eigenvalue weighted by Crippen LogP contribution is 2.32. The smallest absolute Gasteiger partial charge is 0.254 e. The minimum atomic E-state index is -0.407. The predicted octanol–water partition coefficient (Wildman–Crippen LogP) is 4.38. The van der Waals surface area contributed by atoms with Crippen molar-refractivity contribution < 1.29 is 14.2 Å². The first-order valence-electron chi connectivity index (χ1n) is 11.9. The number of nitrogens with zero attached hydrogens (tertiary/aromatic N) is 6. The molecule has 1 amide bonds. The minimum absolute atomic E-state index is 0.122. The minimum Gasteiger partial charge on any atom is -0.399 e. The molecule has 0 radical (unpaired) electrons. The number of benzene rings is 2. The molecule has 0 bridgehead atoms. The third-order valence-corrected chi connectivity index (χ3v) is 6.30. The quantitative estimate of drug-likeness (QED) is 0.361. The van der Waals surface area contributed by atoms with Crippen molar-refractivity contribution in [3.05, 3.63) is 89.3 Å². The maximum Gasteiger partial charge on any atom is 0.254 e. The number of aromatic nitrogens is 4. The van der Waals surface area contributed by atoms with Gasteiger partial charge in [0.1, 0.15) is 13.2 Å². The van der Waals surface area contributed by atoms with E-state index in [9.17, 15) is 4.79 Å². The lowest BCUT2D eigenvalue weighted by molar-refractivity contribution is 0.0713. The molecule has 4 aromatic rings. The van der Waals surface area contributed by atoms with E-state index >= 15 is 0 Å². The van der Waals surface area contributed by atoms with Crippen LogP contribution in [0, 0.1) is 13.8 Å². The first kappa shape index (κ1) is 23.5. The maximum atomic E-state index is 13.5. The van der Waals surface area contributed by atoms with Gasteiger partial charge in [0, 0.05) is 30.6 Å². The average molecular weight is 485 g/mol. The van der Waals surface area contributed by atoms with E-state index in [0.29, 0.717) is 43.2 Å². The van der Waals surface area contributed by atoms with E-state index in [-0.39, 0.29) is 5.91 Å². The molecule has 1 fully saturated rings. The van der Waals surface area contributed by atoms with Crippen LogP contribution in [0.4, 0.5) is 0 Å². The molecule has 184 valence electrons. The molecule has 1 aliphatic heterocycles. The maximum absolute atomic E-state index is 13.5. The van der Waals surface area contributed by atoms with Gasteiger partial charge < -0.3 is 14.3 Å². The Labute approximate surface area is 209 Å². The molecule has 0 spiro atoms. The molecule has 9 nitrogen and oxygen atoms in total. The summed E-state index contributed by atoms with van der Waals surface area (Å²) >= 11 is 0. The molecule has 2 aromatic heterocycles. The van der Waals surface area contributed by atoms with Crippen molar-refractivity contribution >= 4 is 11.6 Å². The standard InChI is InChI=1S/C27H28N6O3/c1-18-15-19(2)33(29-18)14-13-25-28-26(36-31-25)24-16-23(30-35-3)17-32(24)27(34)22-11-9-21(10-12-22)20-7-5-4-6-8-20/h4-12,15,24H,13-14,16-17H2,1-3H3/b30-23-/t24-/m0/s1. The highest BCUT2D eigenvalue weighted by molar-refractivity contribution is 6.00. The van der Waals surface area contributed by atoms with Gasteiger partial charge in [0.15, 0.2) is 5.82 Å². The fourth-order valence-electron chi connectivity index (χ4n) is 4.55. The van der Waals surface area contributed by atoms with E-state index in [1.165, 1.54) is 7.11 Å². The van der Waals surface area contributed by atoms with Crippen LogP contribution in [0.3, 0.4) is 0 Å². The Morgan fingerprint density at radius 2 is 1.86 bits per heavy atom. The van der Waals surface area contributed by atoms with Crippen LogP contribution in [0.25, 0.3) is 11.1 Å². The summed E-state index contributed by atoms with van der Waals surface area (Å²) in [7, 11) is 1.50. The van der Waals surface area contributed by atoms with Crippen molar-refractivity contribution in [2.45, 2.75) is 39.3 Å². The lowest BCUT2D eigenvalue weighted by Gasteiger charge is -2.21. The van der Waals surface area contributed by atoms with Crippen LogP contribution in [-0.2, 0) is 17.8 Å². The summed E-state index contributed by atoms with van der Waals surface area (Å²) in [5.74, 6) is 0.853. The molecule has 9 heteroatoms. The summed E-state index contributed by atoms with van der Waals surface area (Å²) in [4.78, 5) is 24.8. The van der Waals surface area contributed by atoms with Crippen molar-refractivity contribution in [2.24, 2.45) is 5.16 Å². The number of hydrogen-bond donors (Lipinski definition) is 0. The Morgan fingerprint density at radius 1 is 1.11 bits per heavy atom. The molecule has 0 saturated carbocycles. The number of oxime groups is 1. The van der Waals surface area contributed by atoms with E-state index in [0.717, 1.165) is 28.2 Å². The zero-order valence-electron chi connectivity index (χ0n) is 20.6. The van der Waals surface area contributed by atoms with E-state index < -0.39 is 6.04 Å². The van der Waals surface area contributed by atoms with Gasteiger partial charge in [-0.05, 0) is 43.2 Å². The molecule has 0 N–H and O–H groups in total. The zero-order valence-corrected chi connectivity index (χ0v) is 20.6. The van der Waals surface area contributed by atoms with Gasteiger partial charge in [-0.25, -0.2) is 0 Å². The Morgan fingerprint density at radius 3 is 2.56 bits per heavy atom. The molecular weight excluding hydrogens is 456 g/mol. The summed E-state index contributed by atoms with van der Waals surface area (Å²) in [5.41, 5.74) is 5.55. The van der Waals surface area contributed by atoms with Crippen molar-refractivity contribution in [1.29, 1.82) is 0 Å². The molecule has 3 heterocycles. The molecule has 5 rings (SSSR count). The number of carbonyl (C=O) groups is 1. The van der Waals surface area contributed by atoms with Gasteiger partial charge >= 0.3 is 0 Å². The second-order valence-electron chi connectivity index (χ2n) is 8.89. The molecule has 36 heavy (non-hydrogen) atoms. The number of hydrogen-bond acceptors (Lipinski definition) is 7. The largest absolute Gasteiger partial charge is 0.399 e. The van der Waals surface area contributed by atoms with E-state index in [4.69, 9.17) is 9.36 Å². The number of rotatable bonds is 7. The lowest BCUT2D eigenvalue weighted by Crippen LogP contribution is -2.31. The Balaban J connectivity index is 1.34. The SMILES string of the molecule is CO/N=C1/C[C@@H](c2nc(CCn3nc(C)cc3C)no2)N(C(=O)c2ccc(-c3ccccc3)cc2)C1. The first-order chi connectivity index (χ1) is 17.5. The summed E-state index contributed by atoms with van der Waals surface area (Å²) in [6.07, 6.45) is 1.05. The average Bonchev–Trinajstić information content (AvgIpc) is 3.61. The Kier molecular flexibility index (Phi) is 6.62. The topological polar surface area (TPSA) is 98.6 Å². The van der Waals surface area contributed by atoms with E-state index in [1.807, 2.05) is 79.2 Å². The molecule has 2 aromatic carbocycles. The highest BCUT2D eigenvalue weighted by atomic mass is 16.6. The van der Waals surface area contributed by atoms with Crippen LogP contribution in [0.5, 0.6) is 0 Å². The molecule has 1 atom stereocenters. The van der Waals surface area contributed by atoms with Crippen LogP contribution in [-0.4, -0.2) is 50.1 Å². The number of likely N-dealkylation sites (tertiary alicyclic amines) is 1. The molecule has 0 aliphatic carbocycles. The van der Waals surface area contributed by atoms with Crippen LogP contribution in [0.2, 0.25) is 0 Å². The van der Waals surface area contributed by atoms with Gasteiger partial charge in [0.25, 0.3) is 5.91 Å². The molecule has 1 saturated heterocycles. The predicted molar refractivity (Wildman–Crippen MR) is 134 cm³/mol. The lowest BCUT2D eigenvalue weighted by atomic mass is 10.0. The zero-order chi connectivity index (χ0) is 25.1. The fourth-order valence-corrected chi connectivity index (χ4v) is 4.55. The van der Waals surface area contributed by atoms with Gasteiger partial charge in [0.2, 0.25) is 5.89 Å². The van der Waals surface area contributed by atoms with Crippen LogP contribution in [0.1, 0.15) is 45.9 Å². The monoisotopic (exact) mass is 484 g/mol. The molecule has 0 unspecified atom stereocenters. The summed E-state index contributed by atoms with van der Waals surface area (Å²) in [6, 6.07) is 19.3. The van der Waals surface area contributed by atoms with Crippen molar-refractivity contribution in [3.63, 3.8) is 0 Å². The third-order valence-electron chi connectivity index (χ3n) is 6.30. The van der Waals surface area contributed by atoms with E-state index in [2.05, 4.69) is 20.4 Å². The summed E-state index contributed by atoms with van der Waals surface area (Å²) in [6.45, 7) is 4.97. The van der Waals surface area contributed by atoms with Crippen LogP contribution >= 0.6 is 0 Å². The van der Waals surface area contributed by atoms with Crippen molar-refractivity contribution in [1.82, 2.24) is 24.8 Å². The van der Waals surface area contributed by atoms with Gasteiger partial charge in [-0.1, -0.05) is 52.8 Å². The van der Waals surface area contributed by atoms with Gasteiger partial charge in [0.05, 0.1) is 18.0 Å². The van der Waals surface area contributed by atoms with Gasteiger partial charge in [-0.2, -0.15) is 10.1 Å². The number of carbonyl (C=O) groups excluding carboxylic acids is 1. The molecule has 1 aliphatic rings. The first-order valence-corrected chi connectivity index (χ1v) is 11.9.